The van der Waals surface area contributed by atoms with Gasteiger partial charge in [-0.1, -0.05) is 45.7 Å². The first-order valence-electron chi connectivity index (χ1n) is 8.30. The average molecular weight is 284 g/mol. The predicted molar refractivity (Wildman–Crippen MR) is 91.6 cm³/mol. The lowest BCUT2D eigenvalue weighted by Gasteiger charge is -2.27. The van der Waals surface area contributed by atoms with Gasteiger partial charge in [0.25, 0.3) is 0 Å². The van der Waals surface area contributed by atoms with Crippen LogP contribution in [-0.2, 0) is 0 Å². The van der Waals surface area contributed by atoms with Gasteiger partial charge in [0.15, 0.2) is 0 Å². The molecule has 2 heteroatoms. The molecule has 2 aromatic rings. The van der Waals surface area contributed by atoms with Gasteiger partial charge >= 0.3 is 0 Å². The van der Waals surface area contributed by atoms with E-state index < -0.39 is 0 Å². The second-order valence-electron chi connectivity index (χ2n) is 5.91. The van der Waals surface area contributed by atoms with Gasteiger partial charge in [-0.25, -0.2) is 0 Å². The smallest absolute Gasteiger partial charge is 0.0705 e. The minimum absolute atomic E-state index is 0.450. The van der Waals surface area contributed by atoms with E-state index in [1.54, 1.807) is 0 Å². The Kier molecular flexibility index (Phi) is 5.75. The molecule has 0 amide bonds. The van der Waals surface area contributed by atoms with Gasteiger partial charge < -0.3 is 5.32 Å². The van der Waals surface area contributed by atoms with E-state index in [-0.39, 0.29) is 0 Å². The van der Waals surface area contributed by atoms with Gasteiger partial charge in [-0.2, -0.15) is 0 Å². The quantitative estimate of drug-likeness (QED) is 0.772. The van der Waals surface area contributed by atoms with Crippen molar-refractivity contribution in [2.45, 2.75) is 53.0 Å². The van der Waals surface area contributed by atoms with E-state index in [4.69, 9.17) is 0 Å². The van der Waals surface area contributed by atoms with Gasteiger partial charge in [-0.15, -0.1) is 0 Å². The fraction of sp³-hybridized carbons (Fsp3) is 0.526. The third kappa shape index (κ3) is 3.82. The van der Waals surface area contributed by atoms with Crippen molar-refractivity contribution in [1.29, 1.82) is 0 Å². The third-order valence-corrected chi connectivity index (χ3v) is 4.35. The van der Waals surface area contributed by atoms with Crippen LogP contribution >= 0.6 is 0 Å². The Morgan fingerprint density at radius 2 is 1.81 bits per heavy atom. The summed E-state index contributed by atoms with van der Waals surface area (Å²) in [6.45, 7) is 9.93. The van der Waals surface area contributed by atoms with Crippen LogP contribution < -0.4 is 5.32 Å². The number of benzene rings is 1. The van der Waals surface area contributed by atoms with E-state index in [9.17, 15) is 0 Å². The summed E-state index contributed by atoms with van der Waals surface area (Å²) in [5.74, 6) is 0.687. The SMILES string of the molecule is CCCNC(c1ccc2nc(C)ccc2c1)C(CC)CC. The van der Waals surface area contributed by atoms with Crippen LogP contribution in [-0.4, -0.2) is 11.5 Å². The van der Waals surface area contributed by atoms with E-state index in [0.29, 0.717) is 12.0 Å². The van der Waals surface area contributed by atoms with Crippen LogP contribution in [0.15, 0.2) is 30.3 Å². The summed E-state index contributed by atoms with van der Waals surface area (Å²) in [6.07, 6.45) is 3.59. The highest BCUT2D eigenvalue weighted by atomic mass is 14.9. The van der Waals surface area contributed by atoms with Gasteiger partial charge in [-0.3, -0.25) is 4.98 Å². The van der Waals surface area contributed by atoms with Crippen molar-refractivity contribution in [3.63, 3.8) is 0 Å². The Balaban J connectivity index is 2.36. The van der Waals surface area contributed by atoms with Crippen molar-refractivity contribution >= 4 is 10.9 Å². The minimum atomic E-state index is 0.450. The summed E-state index contributed by atoms with van der Waals surface area (Å²) in [6, 6.07) is 11.5. The molecule has 0 spiro atoms. The number of nitrogens with zero attached hydrogens (tertiary/aromatic N) is 1. The van der Waals surface area contributed by atoms with Crippen molar-refractivity contribution in [3.8, 4) is 0 Å². The monoisotopic (exact) mass is 284 g/mol. The van der Waals surface area contributed by atoms with Gasteiger partial charge in [-0.05, 0) is 49.6 Å². The number of hydrogen-bond donors (Lipinski definition) is 1. The highest BCUT2D eigenvalue weighted by molar-refractivity contribution is 5.79. The lowest BCUT2D eigenvalue weighted by atomic mass is 9.88. The summed E-state index contributed by atoms with van der Waals surface area (Å²) in [7, 11) is 0. The standard InChI is InChI=1S/C19H28N2/c1-5-12-20-19(15(6-2)7-3)17-10-11-18-16(13-17)9-8-14(4)21-18/h8-11,13,15,19-20H,5-7,12H2,1-4H3. The zero-order valence-corrected chi connectivity index (χ0v) is 13.8. The lowest BCUT2D eigenvalue weighted by molar-refractivity contribution is 0.342. The van der Waals surface area contributed by atoms with Crippen LogP contribution in [0.3, 0.4) is 0 Å². The van der Waals surface area contributed by atoms with Crippen molar-refractivity contribution in [3.05, 3.63) is 41.6 Å². The van der Waals surface area contributed by atoms with E-state index in [0.717, 1.165) is 17.8 Å². The van der Waals surface area contributed by atoms with Crippen LogP contribution in [0.5, 0.6) is 0 Å². The maximum Gasteiger partial charge on any atom is 0.0705 e. The second-order valence-corrected chi connectivity index (χ2v) is 5.91. The number of rotatable bonds is 7. The summed E-state index contributed by atoms with van der Waals surface area (Å²) in [5, 5.41) is 4.99. The zero-order chi connectivity index (χ0) is 15.2. The van der Waals surface area contributed by atoms with Crippen LogP contribution in [0.4, 0.5) is 0 Å². The molecule has 2 rings (SSSR count). The van der Waals surface area contributed by atoms with Gasteiger partial charge in [0.2, 0.25) is 0 Å². The molecule has 0 radical (unpaired) electrons. The van der Waals surface area contributed by atoms with E-state index in [2.05, 4.69) is 61.4 Å². The molecule has 1 unspecified atom stereocenters. The number of nitrogens with one attached hydrogen (secondary N) is 1. The molecule has 1 heterocycles. The largest absolute Gasteiger partial charge is 0.310 e. The topological polar surface area (TPSA) is 24.9 Å². The molecule has 21 heavy (non-hydrogen) atoms. The van der Waals surface area contributed by atoms with Crippen LogP contribution in [0.2, 0.25) is 0 Å². The third-order valence-electron chi connectivity index (χ3n) is 4.35. The molecule has 1 aromatic heterocycles. The zero-order valence-electron chi connectivity index (χ0n) is 13.8. The van der Waals surface area contributed by atoms with Gasteiger partial charge in [0.1, 0.15) is 0 Å². The summed E-state index contributed by atoms with van der Waals surface area (Å²) >= 11 is 0. The van der Waals surface area contributed by atoms with Crippen molar-refractivity contribution in [1.82, 2.24) is 10.3 Å². The van der Waals surface area contributed by atoms with Crippen molar-refractivity contribution in [2.75, 3.05) is 6.54 Å². The summed E-state index contributed by atoms with van der Waals surface area (Å²) in [5.41, 5.74) is 3.57. The lowest BCUT2D eigenvalue weighted by Crippen LogP contribution is -2.28. The number of fused-ring (bicyclic) bond motifs is 1. The molecule has 1 N–H and O–H groups in total. The van der Waals surface area contributed by atoms with Crippen LogP contribution in [0.25, 0.3) is 10.9 Å². The summed E-state index contributed by atoms with van der Waals surface area (Å²) in [4.78, 5) is 4.60. The molecule has 1 atom stereocenters. The molecule has 2 nitrogen and oxygen atoms in total. The molecule has 0 aliphatic rings. The fourth-order valence-corrected chi connectivity index (χ4v) is 3.06. The Morgan fingerprint density at radius 1 is 1.05 bits per heavy atom. The maximum absolute atomic E-state index is 4.60. The predicted octanol–water partition coefficient (Wildman–Crippen LogP) is 5.02. The van der Waals surface area contributed by atoms with Crippen LogP contribution in [0.1, 0.15) is 57.3 Å². The summed E-state index contributed by atoms with van der Waals surface area (Å²) < 4.78 is 0. The van der Waals surface area contributed by atoms with E-state index in [1.807, 2.05) is 6.92 Å². The molecule has 0 saturated carbocycles. The Hall–Kier alpha value is -1.41. The number of aryl methyl sites for hydroxylation is 1. The molecule has 0 bridgehead atoms. The first-order chi connectivity index (χ1) is 10.2. The normalized spacial score (nSPS) is 13.0. The average Bonchev–Trinajstić information content (AvgIpc) is 2.51. The maximum atomic E-state index is 4.60. The fourth-order valence-electron chi connectivity index (χ4n) is 3.06. The number of pyridine rings is 1. The molecule has 0 aliphatic heterocycles. The number of aromatic nitrogens is 1. The van der Waals surface area contributed by atoms with Crippen molar-refractivity contribution < 1.29 is 0 Å². The molecule has 1 aromatic carbocycles. The molecular formula is C19H28N2. The van der Waals surface area contributed by atoms with E-state index >= 15 is 0 Å². The highest BCUT2D eigenvalue weighted by Gasteiger charge is 2.19. The first kappa shape index (κ1) is 16.0. The molecule has 114 valence electrons. The molecule has 0 saturated heterocycles. The van der Waals surface area contributed by atoms with Crippen LogP contribution in [0, 0.1) is 12.8 Å². The Bertz CT molecular complexity index is 573. The van der Waals surface area contributed by atoms with E-state index in [1.165, 1.54) is 30.2 Å². The Morgan fingerprint density at radius 3 is 2.48 bits per heavy atom. The molecular weight excluding hydrogens is 256 g/mol. The Labute approximate surface area is 129 Å². The van der Waals surface area contributed by atoms with Gasteiger partial charge in [0, 0.05) is 17.1 Å². The number of hydrogen-bond acceptors (Lipinski definition) is 2. The van der Waals surface area contributed by atoms with Crippen molar-refractivity contribution in [2.24, 2.45) is 5.92 Å². The highest BCUT2D eigenvalue weighted by Crippen LogP contribution is 2.29. The molecule has 0 aliphatic carbocycles. The molecule has 0 fully saturated rings. The second kappa shape index (κ2) is 7.56. The van der Waals surface area contributed by atoms with Gasteiger partial charge in [0.05, 0.1) is 5.52 Å². The minimum Gasteiger partial charge on any atom is -0.310 e. The first-order valence-corrected chi connectivity index (χ1v) is 8.30.